The molecule has 2 aromatic heterocycles. The number of carboxylic acid groups (broad SMARTS) is 1. The zero-order chi connectivity index (χ0) is 25.8. The van der Waals surface area contributed by atoms with Crippen molar-refractivity contribution in [1.82, 2.24) is 29.7 Å². The third-order valence-corrected chi connectivity index (χ3v) is 7.46. The summed E-state index contributed by atoms with van der Waals surface area (Å²) in [4.78, 5) is 28.6. The number of amides is 1. The molecule has 2 aliphatic rings. The van der Waals surface area contributed by atoms with Gasteiger partial charge >= 0.3 is 5.97 Å². The number of carbonyl (C=O) groups excluding carboxylic acids is 1. The van der Waals surface area contributed by atoms with E-state index in [9.17, 15) is 19.8 Å². The summed E-state index contributed by atoms with van der Waals surface area (Å²) in [6.07, 6.45) is 1.41. The van der Waals surface area contributed by atoms with Crippen LogP contribution >= 0.6 is 0 Å². The smallest absolute Gasteiger partial charge is 0.332 e. The second-order valence-electron chi connectivity index (χ2n) is 9.58. The van der Waals surface area contributed by atoms with E-state index in [1.807, 2.05) is 22.8 Å². The molecule has 36 heavy (non-hydrogen) atoms. The summed E-state index contributed by atoms with van der Waals surface area (Å²) < 4.78 is 7.63. The Kier molecular flexibility index (Phi) is 5.82. The molecule has 1 fully saturated rings. The molecule has 1 aromatic carbocycles. The van der Waals surface area contributed by atoms with Crippen molar-refractivity contribution in [2.24, 2.45) is 7.05 Å². The Bertz CT molecular complexity index is 1360. The van der Waals surface area contributed by atoms with Crippen LogP contribution in [-0.2, 0) is 31.2 Å². The SMILES string of the molecule is CCCc1cc(C(=O)N2CCC(O)C2(C)C(=O)O)n2c1-c1cc(-c3nnn(C)n3)c(OC)cc1CC2. The third-order valence-electron chi connectivity index (χ3n) is 7.46. The van der Waals surface area contributed by atoms with Crippen LogP contribution in [0.1, 0.15) is 48.3 Å². The number of aryl methyl sites for hydroxylation is 3. The van der Waals surface area contributed by atoms with Gasteiger partial charge in [-0.1, -0.05) is 13.3 Å². The van der Waals surface area contributed by atoms with Gasteiger partial charge in [-0.2, -0.15) is 4.80 Å². The fourth-order valence-corrected chi connectivity index (χ4v) is 5.46. The number of tetrazole rings is 1. The van der Waals surface area contributed by atoms with Crippen molar-refractivity contribution in [2.75, 3.05) is 13.7 Å². The van der Waals surface area contributed by atoms with E-state index in [4.69, 9.17) is 4.74 Å². The Hall–Kier alpha value is -3.73. The van der Waals surface area contributed by atoms with Gasteiger partial charge in [-0.15, -0.1) is 10.2 Å². The van der Waals surface area contributed by atoms with Crippen LogP contribution in [0.15, 0.2) is 18.2 Å². The standard InChI is InChI=1S/C25H30N6O5/c1-5-6-15-11-18(23(33)31-10-8-20(32)25(31,2)24(34)35)30-9-7-14-12-19(36-4)17(13-16(14)21(15)30)22-26-28-29(3)27-22/h11-13,20,32H,5-10H2,1-4H3,(H,34,35). The highest BCUT2D eigenvalue weighted by atomic mass is 16.5. The first-order valence-corrected chi connectivity index (χ1v) is 12.1. The first kappa shape index (κ1) is 24.0. The maximum Gasteiger partial charge on any atom is 0.332 e. The van der Waals surface area contributed by atoms with Crippen molar-refractivity contribution in [3.63, 3.8) is 0 Å². The second-order valence-corrected chi connectivity index (χ2v) is 9.58. The number of aliphatic hydroxyl groups excluding tert-OH is 1. The maximum atomic E-state index is 13.8. The summed E-state index contributed by atoms with van der Waals surface area (Å²) in [7, 11) is 3.31. The first-order valence-electron chi connectivity index (χ1n) is 12.1. The third kappa shape index (κ3) is 3.48. The summed E-state index contributed by atoms with van der Waals surface area (Å²) in [5, 5.41) is 32.7. The van der Waals surface area contributed by atoms with E-state index in [-0.39, 0.29) is 18.9 Å². The van der Waals surface area contributed by atoms with Crippen molar-refractivity contribution in [1.29, 1.82) is 0 Å². The Morgan fingerprint density at radius 3 is 2.64 bits per heavy atom. The molecule has 4 heterocycles. The highest BCUT2D eigenvalue weighted by Gasteiger charge is 2.53. The number of methoxy groups -OCH3 is 1. The average Bonchev–Trinajstić information content (AvgIpc) is 3.54. The summed E-state index contributed by atoms with van der Waals surface area (Å²) in [6, 6.07) is 5.87. The molecule has 11 nitrogen and oxygen atoms in total. The molecule has 2 N–H and O–H groups in total. The molecule has 2 atom stereocenters. The summed E-state index contributed by atoms with van der Waals surface area (Å²) in [5.74, 6) is -0.498. The molecular formula is C25H30N6O5. The summed E-state index contributed by atoms with van der Waals surface area (Å²) >= 11 is 0. The molecule has 11 heteroatoms. The molecule has 1 saturated heterocycles. The van der Waals surface area contributed by atoms with Crippen LogP contribution in [0.5, 0.6) is 5.75 Å². The monoisotopic (exact) mass is 494 g/mol. The highest BCUT2D eigenvalue weighted by molar-refractivity contribution is 5.99. The number of aliphatic carboxylic acids is 1. The highest BCUT2D eigenvalue weighted by Crippen LogP contribution is 2.42. The van der Waals surface area contributed by atoms with Crippen molar-refractivity contribution in [3.05, 3.63) is 35.0 Å². The number of ether oxygens (including phenoxy) is 1. The number of benzene rings is 1. The quantitative estimate of drug-likeness (QED) is 0.531. The molecule has 2 aliphatic heterocycles. The van der Waals surface area contributed by atoms with E-state index in [0.29, 0.717) is 35.8 Å². The number of hydrogen-bond acceptors (Lipinski definition) is 7. The van der Waals surface area contributed by atoms with E-state index < -0.39 is 17.6 Å². The molecule has 1 amide bonds. The van der Waals surface area contributed by atoms with Crippen LogP contribution in [0.4, 0.5) is 0 Å². The van der Waals surface area contributed by atoms with Crippen molar-refractivity contribution in [2.45, 2.75) is 57.7 Å². The minimum atomic E-state index is -1.67. The van der Waals surface area contributed by atoms with E-state index >= 15 is 0 Å². The van der Waals surface area contributed by atoms with Gasteiger partial charge in [0, 0.05) is 18.7 Å². The van der Waals surface area contributed by atoms with E-state index in [1.165, 1.54) is 16.6 Å². The number of aromatic nitrogens is 5. The van der Waals surface area contributed by atoms with Crippen molar-refractivity contribution in [3.8, 4) is 28.4 Å². The zero-order valence-corrected chi connectivity index (χ0v) is 20.9. The molecule has 3 aromatic rings. The Balaban J connectivity index is 1.66. The fraction of sp³-hybridized carbons (Fsp3) is 0.480. The van der Waals surface area contributed by atoms with E-state index in [1.54, 1.807) is 14.2 Å². The zero-order valence-electron chi connectivity index (χ0n) is 20.9. The summed E-state index contributed by atoms with van der Waals surface area (Å²) in [6.45, 7) is 4.25. The Morgan fingerprint density at radius 2 is 2.00 bits per heavy atom. The Labute approximate surface area is 208 Å². The lowest BCUT2D eigenvalue weighted by molar-refractivity contribution is -0.151. The van der Waals surface area contributed by atoms with Crippen LogP contribution in [0.2, 0.25) is 0 Å². The van der Waals surface area contributed by atoms with Gasteiger partial charge < -0.3 is 24.4 Å². The van der Waals surface area contributed by atoms with Gasteiger partial charge in [0.1, 0.15) is 11.4 Å². The molecular weight excluding hydrogens is 464 g/mol. The fourth-order valence-electron chi connectivity index (χ4n) is 5.46. The van der Waals surface area contributed by atoms with Crippen LogP contribution in [-0.4, -0.2) is 77.1 Å². The molecule has 0 aliphatic carbocycles. The Morgan fingerprint density at radius 1 is 1.22 bits per heavy atom. The molecule has 190 valence electrons. The lowest BCUT2D eigenvalue weighted by Crippen LogP contribution is -2.56. The number of carboxylic acids is 1. The number of hydrogen-bond donors (Lipinski definition) is 2. The number of carbonyl (C=O) groups is 2. The largest absolute Gasteiger partial charge is 0.496 e. The van der Waals surface area contributed by atoms with Gasteiger partial charge in [0.15, 0.2) is 5.54 Å². The van der Waals surface area contributed by atoms with Crippen LogP contribution in [0.25, 0.3) is 22.6 Å². The molecule has 2 unspecified atom stereocenters. The van der Waals surface area contributed by atoms with Gasteiger partial charge in [-0.05, 0) is 60.7 Å². The number of fused-ring (bicyclic) bond motifs is 3. The predicted octanol–water partition coefficient (Wildman–Crippen LogP) is 1.91. The lowest BCUT2D eigenvalue weighted by Gasteiger charge is -2.33. The van der Waals surface area contributed by atoms with Crippen LogP contribution in [0, 0.1) is 0 Å². The number of rotatable bonds is 6. The van der Waals surface area contributed by atoms with Gasteiger partial charge in [-0.3, -0.25) is 4.79 Å². The van der Waals surface area contributed by atoms with E-state index in [0.717, 1.165) is 35.2 Å². The van der Waals surface area contributed by atoms with Gasteiger partial charge in [0.2, 0.25) is 5.82 Å². The number of likely N-dealkylation sites (tertiary alicyclic amines) is 1. The number of nitrogens with zero attached hydrogens (tertiary/aromatic N) is 6. The topological polar surface area (TPSA) is 136 Å². The van der Waals surface area contributed by atoms with Gasteiger partial charge in [0.25, 0.3) is 5.91 Å². The minimum absolute atomic E-state index is 0.183. The van der Waals surface area contributed by atoms with Crippen LogP contribution in [0.3, 0.4) is 0 Å². The first-order chi connectivity index (χ1) is 17.2. The van der Waals surface area contributed by atoms with Gasteiger partial charge in [-0.25, -0.2) is 4.79 Å². The molecule has 0 saturated carbocycles. The minimum Gasteiger partial charge on any atom is -0.496 e. The van der Waals surface area contributed by atoms with Crippen molar-refractivity contribution < 1.29 is 24.5 Å². The normalized spacial score (nSPS) is 20.8. The predicted molar refractivity (Wildman–Crippen MR) is 130 cm³/mol. The lowest BCUT2D eigenvalue weighted by atomic mass is 9.92. The molecule has 5 rings (SSSR count). The number of aliphatic hydroxyl groups is 1. The molecule has 0 spiro atoms. The molecule has 0 radical (unpaired) electrons. The van der Waals surface area contributed by atoms with Gasteiger partial charge in [0.05, 0.1) is 31.5 Å². The van der Waals surface area contributed by atoms with Crippen molar-refractivity contribution >= 4 is 11.9 Å². The maximum absolute atomic E-state index is 13.8. The summed E-state index contributed by atoms with van der Waals surface area (Å²) in [5.41, 5.74) is 3.49. The van der Waals surface area contributed by atoms with E-state index in [2.05, 4.69) is 22.3 Å². The second kappa shape index (κ2) is 8.74. The average molecular weight is 495 g/mol. The molecule has 0 bridgehead atoms. The van der Waals surface area contributed by atoms with Crippen LogP contribution < -0.4 is 4.74 Å².